The molecule has 136 valence electrons. The average molecular weight is 351 g/mol. The van der Waals surface area contributed by atoms with E-state index in [1.54, 1.807) is 7.11 Å². The number of aryl methyl sites for hydroxylation is 1. The van der Waals surface area contributed by atoms with Crippen LogP contribution in [-0.4, -0.2) is 30.2 Å². The Morgan fingerprint density at radius 3 is 2.50 bits per heavy atom. The molecule has 0 unspecified atom stereocenters. The minimum Gasteiger partial charge on any atom is -0.496 e. The molecular weight excluding hydrogens is 326 g/mol. The first-order chi connectivity index (χ1) is 12.6. The highest BCUT2D eigenvalue weighted by Crippen LogP contribution is 2.38. The minimum absolute atomic E-state index is 0.687. The summed E-state index contributed by atoms with van der Waals surface area (Å²) in [6.07, 6.45) is 1.37. The van der Waals surface area contributed by atoms with Crippen LogP contribution in [0.15, 0.2) is 52.9 Å². The number of aliphatic hydroxyl groups is 1. The normalized spacial score (nSPS) is 17.5. The van der Waals surface area contributed by atoms with Crippen molar-refractivity contribution in [2.75, 3.05) is 20.2 Å². The Bertz CT molecular complexity index is 907. The summed E-state index contributed by atoms with van der Waals surface area (Å²) in [4.78, 5) is 2.36. The summed E-state index contributed by atoms with van der Waals surface area (Å²) >= 11 is 0. The Morgan fingerprint density at radius 1 is 1.08 bits per heavy atom. The molecule has 0 spiro atoms. The van der Waals surface area contributed by atoms with Gasteiger partial charge < -0.3 is 14.3 Å². The van der Waals surface area contributed by atoms with Crippen LogP contribution in [0.1, 0.15) is 29.7 Å². The average Bonchev–Trinajstić information content (AvgIpc) is 2.99. The van der Waals surface area contributed by atoms with Crippen molar-refractivity contribution in [1.82, 2.24) is 4.90 Å². The largest absolute Gasteiger partial charge is 0.496 e. The quantitative estimate of drug-likeness (QED) is 0.764. The molecule has 1 aliphatic rings. The Morgan fingerprint density at radius 2 is 1.77 bits per heavy atom. The molecular formula is C22H25NO3. The van der Waals surface area contributed by atoms with Crippen LogP contribution < -0.4 is 4.74 Å². The number of methoxy groups -OCH3 is 1. The van der Waals surface area contributed by atoms with E-state index in [1.165, 1.54) is 10.9 Å². The molecule has 0 atom stereocenters. The van der Waals surface area contributed by atoms with Crippen LogP contribution in [0.25, 0.3) is 11.0 Å². The first-order valence-electron chi connectivity index (χ1n) is 9.16. The van der Waals surface area contributed by atoms with Gasteiger partial charge in [0.05, 0.1) is 19.3 Å². The lowest BCUT2D eigenvalue weighted by Crippen LogP contribution is -2.42. The zero-order valence-corrected chi connectivity index (χ0v) is 15.4. The van der Waals surface area contributed by atoms with E-state index < -0.39 is 5.60 Å². The van der Waals surface area contributed by atoms with Crippen LogP contribution >= 0.6 is 0 Å². The zero-order chi connectivity index (χ0) is 18.1. The van der Waals surface area contributed by atoms with Crippen molar-refractivity contribution < 1.29 is 14.3 Å². The van der Waals surface area contributed by atoms with Gasteiger partial charge in [-0.1, -0.05) is 36.4 Å². The van der Waals surface area contributed by atoms with E-state index in [2.05, 4.69) is 17.9 Å². The predicted octanol–water partition coefficient (Wildman–Crippen LogP) is 4.23. The zero-order valence-electron chi connectivity index (χ0n) is 15.4. The molecule has 1 N–H and O–H groups in total. The maximum atomic E-state index is 11.2. The summed E-state index contributed by atoms with van der Waals surface area (Å²) in [5.41, 5.74) is 2.22. The van der Waals surface area contributed by atoms with Crippen molar-refractivity contribution in [2.45, 2.75) is 31.9 Å². The van der Waals surface area contributed by atoms with Crippen LogP contribution in [0.5, 0.6) is 5.75 Å². The second-order valence-electron chi connectivity index (χ2n) is 7.15. The number of para-hydroxylation sites is 2. The molecule has 1 aliphatic heterocycles. The number of piperidine rings is 1. The van der Waals surface area contributed by atoms with Gasteiger partial charge in [0, 0.05) is 24.0 Å². The van der Waals surface area contributed by atoms with Gasteiger partial charge in [0.15, 0.2) is 0 Å². The lowest BCUT2D eigenvalue weighted by atomic mass is 9.84. The topological polar surface area (TPSA) is 45.8 Å². The number of ether oxygens (including phenoxy) is 1. The molecule has 0 amide bonds. The Balaban J connectivity index is 1.49. The number of hydrogen-bond acceptors (Lipinski definition) is 4. The van der Waals surface area contributed by atoms with Crippen LogP contribution in [0.3, 0.4) is 0 Å². The Hall–Kier alpha value is -2.30. The lowest BCUT2D eigenvalue weighted by Gasteiger charge is -2.38. The molecule has 3 aromatic rings. The molecule has 4 rings (SSSR count). The predicted molar refractivity (Wildman–Crippen MR) is 102 cm³/mol. The van der Waals surface area contributed by atoms with Crippen molar-refractivity contribution in [3.8, 4) is 5.75 Å². The third-order valence-electron chi connectivity index (χ3n) is 5.60. The molecule has 1 saturated heterocycles. The summed E-state index contributed by atoms with van der Waals surface area (Å²) in [5.74, 6) is 1.78. The van der Waals surface area contributed by atoms with Crippen molar-refractivity contribution in [2.24, 2.45) is 0 Å². The van der Waals surface area contributed by atoms with Gasteiger partial charge in [0.2, 0.25) is 0 Å². The van der Waals surface area contributed by atoms with Gasteiger partial charge in [0.25, 0.3) is 0 Å². The summed E-state index contributed by atoms with van der Waals surface area (Å²) in [6.45, 7) is 4.55. The van der Waals surface area contributed by atoms with E-state index in [1.807, 2.05) is 42.5 Å². The smallest absolute Gasteiger partial charge is 0.134 e. The molecule has 2 heterocycles. The first-order valence-corrected chi connectivity index (χ1v) is 9.16. The summed E-state index contributed by atoms with van der Waals surface area (Å²) in [6, 6.07) is 15.9. The van der Waals surface area contributed by atoms with E-state index >= 15 is 0 Å². The van der Waals surface area contributed by atoms with Crippen LogP contribution in [0, 0.1) is 6.92 Å². The molecule has 0 radical (unpaired) electrons. The molecule has 4 nitrogen and oxygen atoms in total. The van der Waals surface area contributed by atoms with Gasteiger partial charge in [-0.05, 0) is 37.5 Å². The fourth-order valence-electron chi connectivity index (χ4n) is 3.96. The van der Waals surface area contributed by atoms with Gasteiger partial charge >= 0.3 is 0 Å². The maximum Gasteiger partial charge on any atom is 0.134 e. The second-order valence-corrected chi connectivity index (χ2v) is 7.15. The molecule has 0 saturated carbocycles. The highest BCUT2D eigenvalue weighted by Gasteiger charge is 2.36. The van der Waals surface area contributed by atoms with E-state index in [0.717, 1.165) is 42.3 Å². The van der Waals surface area contributed by atoms with Gasteiger partial charge in [-0.2, -0.15) is 0 Å². The van der Waals surface area contributed by atoms with E-state index in [-0.39, 0.29) is 0 Å². The van der Waals surface area contributed by atoms with Crippen LogP contribution in [0.2, 0.25) is 0 Å². The van der Waals surface area contributed by atoms with Crippen LogP contribution in [-0.2, 0) is 12.1 Å². The first kappa shape index (κ1) is 17.1. The minimum atomic E-state index is -0.827. The Kier molecular flexibility index (Phi) is 4.47. The molecule has 26 heavy (non-hydrogen) atoms. The van der Waals surface area contributed by atoms with Crippen LogP contribution in [0.4, 0.5) is 0 Å². The fraction of sp³-hybridized carbons (Fsp3) is 0.364. The van der Waals surface area contributed by atoms with E-state index in [9.17, 15) is 5.11 Å². The number of nitrogens with zero attached hydrogens (tertiary/aromatic N) is 1. The molecule has 0 bridgehead atoms. The Labute approximate surface area is 154 Å². The monoisotopic (exact) mass is 351 g/mol. The number of likely N-dealkylation sites (tertiary alicyclic amines) is 1. The van der Waals surface area contributed by atoms with Crippen molar-refractivity contribution in [3.63, 3.8) is 0 Å². The molecule has 1 fully saturated rings. The number of benzene rings is 2. The molecule has 0 aliphatic carbocycles. The second kappa shape index (κ2) is 6.78. The number of fused-ring (bicyclic) bond motifs is 1. The third-order valence-corrected chi connectivity index (χ3v) is 5.60. The van der Waals surface area contributed by atoms with Gasteiger partial charge in [-0.15, -0.1) is 0 Å². The van der Waals surface area contributed by atoms with Gasteiger partial charge in [0.1, 0.15) is 17.1 Å². The van der Waals surface area contributed by atoms with Gasteiger partial charge in [-0.25, -0.2) is 0 Å². The van der Waals surface area contributed by atoms with Crippen molar-refractivity contribution in [3.05, 3.63) is 65.4 Å². The highest BCUT2D eigenvalue weighted by atomic mass is 16.5. The van der Waals surface area contributed by atoms with E-state index in [0.29, 0.717) is 12.8 Å². The maximum absolute atomic E-state index is 11.2. The highest BCUT2D eigenvalue weighted by molar-refractivity contribution is 5.81. The number of furan rings is 1. The summed E-state index contributed by atoms with van der Waals surface area (Å²) in [7, 11) is 1.65. The fourth-order valence-corrected chi connectivity index (χ4v) is 3.96. The SMILES string of the molecule is COc1ccccc1C1(O)CCN(Cc2oc3ccccc3c2C)CC1. The van der Waals surface area contributed by atoms with Crippen molar-refractivity contribution >= 4 is 11.0 Å². The lowest BCUT2D eigenvalue weighted by molar-refractivity contribution is -0.0303. The summed E-state index contributed by atoms with van der Waals surface area (Å²) in [5, 5.41) is 12.4. The molecule has 4 heteroatoms. The van der Waals surface area contributed by atoms with E-state index in [4.69, 9.17) is 9.15 Å². The van der Waals surface area contributed by atoms with Crippen molar-refractivity contribution in [1.29, 1.82) is 0 Å². The van der Waals surface area contributed by atoms with Gasteiger partial charge in [-0.3, -0.25) is 4.90 Å². The number of rotatable bonds is 4. The number of hydrogen-bond donors (Lipinski definition) is 1. The standard InChI is InChI=1S/C22H25NO3/c1-16-17-7-3-5-9-19(17)26-21(16)15-23-13-11-22(24,12-14-23)18-8-4-6-10-20(18)25-2/h3-10,24H,11-15H2,1-2H3. The third kappa shape index (κ3) is 3.00. The molecule has 2 aromatic carbocycles. The molecule has 1 aromatic heterocycles. The summed E-state index contributed by atoms with van der Waals surface area (Å²) < 4.78 is 11.5.